The standard InChI is InChI=1S/C12H14N4/c1-8-4-3-5-10(9(8)2)15-12-7-14-6-11(13)16-12/h3-7H,1-2H3,(H3,13,15,16). The monoisotopic (exact) mass is 214 g/mol. The van der Waals surface area contributed by atoms with E-state index in [9.17, 15) is 0 Å². The van der Waals surface area contributed by atoms with Gasteiger partial charge < -0.3 is 11.1 Å². The number of rotatable bonds is 2. The molecule has 1 aromatic carbocycles. The molecule has 1 aromatic heterocycles. The van der Waals surface area contributed by atoms with Crippen LogP contribution in [0.5, 0.6) is 0 Å². The van der Waals surface area contributed by atoms with Crippen LogP contribution in [0.4, 0.5) is 17.3 Å². The summed E-state index contributed by atoms with van der Waals surface area (Å²) in [6.07, 6.45) is 3.17. The Morgan fingerprint density at radius 1 is 1.19 bits per heavy atom. The molecule has 16 heavy (non-hydrogen) atoms. The molecule has 0 bridgehead atoms. The molecule has 2 aromatic rings. The molecule has 0 atom stereocenters. The van der Waals surface area contributed by atoms with Gasteiger partial charge in [0.15, 0.2) is 5.82 Å². The van der Waals surface area contributed by atoms with Gasteiger partial charge in [0.05, 0.1) is 12.4 Å². The average Bonchev–Trinajstić information content (AvgIpc) is 2.25. The zero-order valence-corrected chi connectivity index (χ0v) is 9.36. The summed E-state index contributed by atoms with van der Waals surface area (Å²) in [4.78, 5) is 8.13. The van der Waals surface area contributed by atoms with Crippen LogP contribution in [0, 0.1) is 13.8 Å². The number of aromatic nitrogens is 2. The van der Waals surface area contributed by atoms with E-state index in [1.807, 2.05) is 12.1 Å². The maximum Gasteiger partial charge on any atom is 0.151 e. The molecule has 1 heterocycles. The van der Waals surface area contributed by atoms with Crippen molar-refractivity contribution < 1.29 is 0 Å². The van der Waals surface area contributed by atoms with Crippen LogP contribution in [0.3, 0.4) is 0 Å². The lowest BCUT2D eigenvalue weighted by Crippen LogP contribution is -2.00. The summed E-state index contributed by atoms with van der Waals surface area (Å²) in [6, 6.07) is 6.09. The summed E-state index contributed by atoms with van der Waals surface area (Å²) in [5.41, 5.74) is 9.03. The Morgan fingerprint density at radius 2 is 2.00 bits per heavy atom. The topological polar surface area (TPSA) is 63.8 Å². The van der Waals surface area contributed by atoms with Crippen molar-refractivity contribution in [3.8, 4) is 0 Å². The van der Waals surface area contributed by atoms with Crippen LogP contribution in [-0.4, -0.2) is 9.97 Å². The molecule has 0 amide bonds. The second kappa shape index (κ2) is 4.18. The van der Waals surface area contributed by atoms with E-state index in [2.05, 4.69) is 35.2 Å². The SMILES string of the molecule is Cc1cccc(Nc2cncc(N)n2)c1C. The van der Waals surface area contributed by atoms with Gasteiger partial charge in [0, 0.05) is 5.69 Å². The minimum absolute atomic E-state index is 0.412. The first kappa shape index (κ1) is 10.4. The third kappa shape index (κ3) is 2.11. The van der Waals surface area contributed by atoms with Crippen LogP contribution in [0.15, 0.2) is 30.6 Å². The Labute approximate surface area is 94.5 Å². The molecule has 4 nitrogen and oxygen atoms in total. The number of nitrogens with one attached hydrogen (secondary N) is 1. The van der Waals surface area contributed by atoms with Crippen LogP contribution in [0.25, 0.3) is 0 Å². The summed E-state index contributed by atoms with van der Waals surface area (Å²) in [5, 5.41) is 3.20. The lowest BCUT2D eigenvalue weighted by molar-refractivity contribution is 1.20. The number of hydrogen-bond donors (Lipinski definition) is 2. The maximum absolute atomic E-state index is 5.57. The molecule has 0 aliphatic rings. The molecule has 2 rings (SSSR count). The lowest BCUT2D eigenvalue weighted by Gasteiger charge is -2.10. The van der Waals surface area contributed by atoms with Crippen molar-refractivity contribution in [3.63, 3.8) is 0 Å². The number of aryl methyl sites for hydroxylation is 1. The first-order valence-electron chi connectivity index (χ1n) is 5.07. The second-order valence-electron chi connectivity index (χ2n) is 3.70. The Morgan fingerprint density at radius 3 is 2.75 bits per heavy atom. The summed E-state index contributed by atoms with van der Waals surface area (Å²) in [6.45, 7) is 4.14. The van der Waals surface area contributed by atoms with E-state index in [0.717, 1.165) is 5.69 Å². The van der Waals surface area contributed by atoms with E-state index in [1.165, 1.54) is 17.3 Å². The fraction of sp³-hybridized carbons (Fsp3) is 0.167. The van der Waals surface area contributed by atoms with Crippen molar-refractivity contribution in [2.45, 2.75) is 13.8 Å². The molecular formula is C12H14N4. The maximum atomic E-state index is 5.57. The second-order valence-corrected chi connectivity index (χ2v) is 3.70. The number of hydrogen-bond acceptors (Lipinski definition) is 4. The Hall–Kier alpha value is -2.10. The normalized spacial score (nSPS) is 10.1. The van der Waals surface area contributed by atoms with Gasteiger partial charge in [-0.15, -0.1) is 0 Å². The molecule has 0 saturated heterocycles. The van der Waals surface area contributed by atoms with Crippen molar-refractivity contribution in [2.24, 2.45) is 0 Å². The van der Waals surface area contributed by atoms with Crippen LogP contribution in [0.1, 0.15) is 11.1 Å². The largest absolute Gasteiger partial charge is 0.382 e. The van der Waals surface area contributed by atoms with Crippen LogP contribution in [0.2, 0.25) is 0 Å². The molecule has 0 saturated carbocycles. The molecule has 82 valence electrons. The van der Waals surface area contributed by atoms with Gasteiger partial charge in [0.1, 0.15) is 5.82 Å². The predicted octanol–water partition coefficient (Wildman–Crippen LogP) is 2.42. The quantitative estimate of drug-likeness (QED) is 0.805. The van der Waals surface area contributed by atoms with Crippen molar-refractivity contribution in [3.05, 3.63) is 41.7 Å². The minimum Gasteiger partial charge on any atom is -0.382 e. The fourth-order valence-corrected chi connectivity index (χ4v) is 1.47. The number of anilines is 3. The van der Waals surface area contributed by atoms with Gasteiger partial charge >= 0.3 is 0 Å². The highest BCUT2D eigenvalue weighted by Gasteiger charge is 2.02. The van der Waals surface area contributed by atoms with E-state index < -0.39 is 0 Å². The van der Waals surface area contributed by atoms with Gasteiger partial charge in [0.2, 0.25) is 0 Å². The van der Waals surface area contributed by atoms with E-state index >= 15 is 0 Å². The van der Waals surface area contributed by atoms with Crippen LogP contribution in [-0.2, 0) is 0 Å². The summed E-state index contributed by atoms with van der Waals surface area (Å²) < 4.78 is 0. The number of nitrogens with two attached hydrogens (primary N) is 1. The number of nitrogens with zero attached hydrogens (tertiary/aromatic N) is 2. The highest BCUT2D eigenvalue weighted by molar-refractivity contribution is 5.62. The zero-order chi connectivity index (χ0) is 11.5. The van der Waals surface area contributed by atoms with E-state index in [0.29, 0.717) is 11.6 Å². The van der Waals surface area contributed by atoms with Gasteiger partial charge in [-0.3, -0.25) is 4.98 Å². The average molecular weight is 214 g/mol. The molecule has 0 fully saturated rings. The van der Waals surface area contributed by atoms with Crippen molar-refractivity contribution in [1.82, 2.24) is 9.97 Å². The minimum atomic E-state index is 0.412. The van der Waals surface area contributed by atoms with E-state index in [-0.39, 0.29) is 0 Å². The third-order valence-electron chi connectivity index (χ3n) is 2.52. The number of nitrogen functional groups attached to an aromatic ring is 1. The van der Waals surface area contributed by atoms with Crippen LogP contribution < -0.4 is 11.1 Å². The first-order chi connectivity index (χ1) is 7.66. The third-order valence-corrected chi connectivity index (χ3v) is 2.52. The predicted molar refractivity (Wildman–Crippen MR) is 65.6 cm³/mol. The number of benzene rings is 1. The Kier molecular flexibility index (Phi) is 2.72. The molecule has 0 unspecified atom stereocenters. The molecule has 0 spiro atoms. The summed E-state index contributed by atoms with van der Waals surface area (Å²) in [7, 11) is 0. The zero-order valence-electron chi connectivity index (χ0n) is 9.36. The highest BCUT2D eigenvalue weighted by atomic mass is 15.0. The van der Waals surface area contributed by atoms with Gasteiger partial charge in [-0.25, -0.2) is 4.98 Å². The van der Waals surface area contributed by atoms with Crippen molar-refractivity contribution in [2.75, 3.05) is 11.1 Å². The molecular weight excluding hydrogens is 200 g/mol. The van der Waals surface area contributed by atoms with Crippen LogP contribution >= 0.6 is 0 Å². The lowest BCUT2D eigenvalue weighted by atomic mass is 10.1. The highest BCUT2D eigenvalue weighted by Crippen LogP contribution is 2.21. The first-order valence-corrected chi connectivity index (χ1v) is 5.07. The smallest absolute Gasteiger partial charge is 0.151 e. The van der Waals surface area contributed by atoms with E-state index in [4.69, 9.17) is 5.73 Å². The van der Waals surface area contributed by atoms with Crippen molar-refractivity contribution >= 4 is 17.3 Å². The van der Waals surface area contributed by atoms with Crippen molar-refractivity contribution in [1.29, 1.82) is 0 Å². The molecule has 4 heteroatoms. The van der Waals surface area contributed by atoms with Gasteiger partial charge in [-0.05, 0) is 31.0 Å². The van der Waals surface area contributed by atoms with Gasteiger partial charge in [-0.2, -0.15) is 0 Å². The summed E-state index contributed by atoms with van der Waals surface area (Å²) in [5.74, 6) is 1.07. The molecule has 0 radical (unpaired) electrons. The Bertz CT molecular complexity index is 508. The molecule has 0 aliphatic heterocycles. The fourth-order valence-electron chi connectivity index (χ4n) is 1.47. The van der Waals surface area contributed by atoms with Gasteiger partial charge in [0.25, 0.3) is 0 Å². The Balaban J connectivity index is 2.31. The van der Waals surface area contributed by atoms with E-state index in [1.54, 1.807) is 6.20 Å². The summed E-state index contributed by atoms with van der Waals surface area (Å²) >= 11 is 0. The molecule has 3 N–H and O–H groups in total. The van der Waals surface area contributed by atoms with Gasteiger partial charge in [-0.1, -0.05) is 12.1 Å². The molecule has 0 aliphatic carbocycles.